The van der Waals surface area contributed by atoms with Gasteiger partial charge in [0, 0.05) is 24.1 Å². The van der Waals surface area contributed by atoms with E-state index in [-0.39, 0.29) is 11.1 Å². The second-order valence-electron chi connectivity index (χ2n) is 8.32. The van der Waals surface area contributed by atoms with E-state index in [1.807, 2.05) is 23.6 Å². The van der Waals surface area contributed by atoms with Crippen molar-refractivity contribution in [3.63, 3.8) is 0 Å². The molecular weight excluding hydrogens is 462 g/mol. The number of aryl methyl sites for hydroxylation is 1. The summed E-state index contributed by atoms with van der Waals surface area (Å²) in [6.07, 6.45) is 4.88. The molecule has 1 aromatic heterocycles. The van der Waals surface area contributed by atoms with Crippen molar-refractivity contribution < 1.29 is 29.0 Å². The maximum atomic E-state index is 13.3. The zero-order chi connectivity index (χ0) is 25.8. The lowest BCUT2D eigenvalue weighted by Gasteiger charge is -2.27. The van der Waals surface area contributed by atoms with Gasteiger partial charge < -0.3 is 14.4 Å². The third-order valence-corrected chi connectivity index (χ3v) is 5.91. The number of benzene rings is 2. The molecule has 0 saturated carbocycles. The number of imide groups is 1. The molecule has 2 amide bonds. The van der Waals surface area contributed by atoms with Crippen molar-refractivity contribution in [2.75, 3.05) is 13.7 Å². The number of carbonyl (C=O) groups excluding carboxylic acids is 3. The van der Waals surface area contributed by atoms with Crippen LogP contribution in [0.4, 0.5) is 0 Å². The summed E-state index contributed by atoms with van der Waals surface area (Å²) in [6.45, 7) is 1.75. The number of aromatic nitrogens is 2. The highest BCUT2D eigenvalue weighted by atomic mass is 16.5. The van der Waals surface area contributed by atoms with Crippen LogP contribution in [-0.4, -0.2) is 57.0 Å². The number of methoxy groups -OCH3 is 1. The van der Waals surface area contributed by atoms with Crippen molar-refractivity contribution in [3.8, 4) is 0 Å². The molecule has 0 bridgehead atoms. The first-order valence-corrected chi connectivity index (χ1v) is 11.4. The Hall–Kier alpha value is -4.53. The van der Waals surface area contributed by atoms with E-state index in [1.165, 1.54) is 7.11 Å². The molecule has 9 nitrogen and oxygen atoms in total. The van der Waals surface area contributed by atoms with E-state index in [9.17, 15) is 24.3 Å². The zero-order valence-electron chi connectivity index (χ0n) is 19.9. The molecule has 4 rings (SSSR count). The van der Waals surface area contributed by atoms with Gasteiger partial charge in [0.15, 0.2) is 0 Å². The number of amides is 2. The SMILES string of the molecule is CCCc1ncc(C=C2C(=O)N(CC(=O)O)C(=O)c3ccccc32)n1Cc1ccc(C(=O)OC)cc1. The molecule has 0 fully saturated rings. The highest BCUT2D eigenvalue weighted by Gasteiger charge is 2.36. The van der Waals surface area contributed by atoms with E-state index in [0.29, 0.717) is 29.8 Å². The molecule has 2 heterocycles. The second-order valence-corrected chi connectivity index (χ2v) is 8.32. The molecule has 0 saturated heterocycles. The molecule has 0 aliphatic carbocycles. The molecule has 0 atom stereocenters. The van der Waals surface area contributed by atoms with Gasteiger partial charge in [0.05, 0.1) is 30.1 Å². The molecular formula is C27H25N3O6. The van der Waals surface area contributed by atoms with Crippen molar-refractivity contribution in [2.24, 2.45) is 0 Å². The quantitative estimate of drug-likeness (QED) is 0.294. The zero-order valence-corrected chi connectivity index (χ0v) is 19.9. The number of hydrogen-bond acceptors (Lipinski definition) is 6. The van der Waals surface area contributed by atoms with Crippen molar-refractivity contribution in [3.05, 3.63) is 88.5 Å². The van der Waals surface area contributed by atoms with Gasteiger partial charge in [-0.05, 0) is 36.3 Å². The molecule has 1 aliphatic rings. The number of rotatable bonds is 8. The number of fused-ring (bicyclic) bond motifs is 1. The van der Waals surface area contributed by atoms with E-state index in [2.05, 4.69) is 4.98 Å². The predicted octanol–water partition coefficient (Wildman–Crippen LogP) is 3.28. The van der Waals surface area contributed by atoms with E-state index in [0.717, 1.165) is 22.7 Å². The third-order valence-electron chi connectivity index (χ3n) is 5.91. The van der Waals surface area contributed by atoms with Gasteiger partial charge in [-0.25, -0.2) is 9.78 Å². The normalized spacial score (nSPS) is 14.2. The number of ether oxygens (including phenoxy) is 1. The van der Waals surface area contributed by atoms with Crippen LogP contribution in [0.1, 0.15) is 56.7 Å². The van der Waals surface area contributed by atoms with Gasteiger partial charge in [0.1, 0.15) is 12.4 Å². The summed E-state index contributed by atoms with van der Waals surface area (Å²) in [6, 6.07) is 13.7. The molecule has 184 valence electrons. The first-order valence-electron chi connectivity index (χ1n) is 11.4. The average molecular weight is 488 g/mol. The first-order chi connectivity index (χ1) is 17.3. The maximum absolute atomic E-state index is 13.3. The molecule has 1 N–H and O–H groups in total. The summed E-state index contributed by atoms with van der Waals surface area (Å²) in [4.78, 5) is 54.5. The fourth-order valence-electron chi connectivity index (χ4n) is 4.17. The fraction of sp³-hybridized carbons (Fsp3) is 0.222. The van der Waals surface area contributed by atoms with Crippen LogP contribution in [0.25, 0.3) is 11.6 Å². The number of carboxylic acid groups (broad SMARTS) is 1. The van der Waals surface area contributed by atoms with Crippen molar-refractivity contribution in [1.29, 1.82) is 0 Å². The molecule has 9 heteroatoms. The van der Waals surface area contributed by atoms with Crippen molar-refractivity contribution in [1.82, 2.24) is 14.5 Å². The van der Waals surface area contributed by atoms with E-state index in [1.54, 1.807) is 48.7 Å². The molecule has 0 spiro atoms. The number of imidazole rings is 1. The number of hydrogen-bond donors (Lipinski definition) is 1. The van der Waals surface area contributed by atoms with Crippen LogP contribution in [0, 0.1) is 0 Å². The van der Waals surface area contributed by atoms with Gasteiger partial charge in [0.25, 0.3) is 11.8 Å². The van der Waals surface area contributed by atoms with Gasteiger partial charge in [-0.3, -0.25) is 19.3 Å². The summed E-state index contributed by atoms with van der Waals surface area (Å²) in [5.41, 5.74) is 2.92. The largest absolute Gasteiger partial charge is 0.480 e. The molecule has 36 heavy (non-hydrogen) atoms. The van der Waals surface area contributed by atoms with Gasteiger partial charge in [0.2, 0.25) is 0 Å². The number of nitrogens with zero attached hydrogens (tertiary/aromatic N) is 3. The van der Waals surface area contributed by atoms with Gasteiger partial charge in [-0.15, -0.1) is 0 Å². The molecule has 0 unspecified atom stereocenters. The Morgan fingerprint density at radius 3 is 2.36 bits per heavy atom. The standard InChI is InChI=1S/C27H25N3O6/c1-3-6-23-28-14-19(29(23)15-17-9-11-18(12-10-17)27(35)36-2)13-22-20-7-4-5-8-21(20)25(33)30(26(22)34)16-24(31)32/h4-5,7-14H,3,6,15-16H2,1-2H3,(H,31,32). The predicted molar refractivity (Wildman–Crippen MR) is 131 cm³/mol. The number of esters is 1. The third kappa shape index (κ3) is 4.81. The highest BCUT2D eigenvalue weighted by Crippen LogP contribution is 2.30. The van der Waals surface area contributed by atoms with E-state index in [4.69, 9.17) is 4.74 Å². The summed E-state index contributed by atoms with van der Waals surface area (Å²) < 4.78 is 6.73. The Morgan fingerprint density at radius 1 is 1.03 bits per heavy atom. The Kier molecular flexibility index (Phi) is 7.10. The fourth-order valence-corrected chi connectivity index (χ4v) is 4.17. The Labute approximate surface area is 207 Å². The summed E-state index contributed by atoms with van der Waals surface area (Å²) in [5, 5.41) is 9.26. The molecule has 0 radical (unpaired) electrons. The molecule has 2 aromatic carbocycles. The molecule has 3 aromatic rings. The lowest BCUT2D eigenvalue weighted by atomic mass is 9.93. The number of carboxylic acids is 1. The van der Waals surface area contributed by atoms with Crippen LogP contribution in [0.15, 0.2) is 54.7 Å². The van der Waals surface area contributed by atoms with Crippen LogP contribution in [0.3, 0.4) is 0 Å². The topological polar surface area (TPSA) is 119 Å². The average Bonchev–Trinajstić information content (AvgIpc) is 3.25. The van der Waals surface area contributed by atoms with Crippen molar-refractivity contribution >= 4 is 35.4 Å². The lowest BCUT2D eigenvalue weighted by molar-refractivity contribution is -0.141. The number of carbonyl (C=O) groups is 4. The minimum Gasteiger partial charge on any atom is -0.480 e. The Bertz CT molecular complexity index is 1370. The number of aliphatic carboxylic acids is 1. The van der Waals surface area contributed by atoms with Gasteiger partial charge in [-0.2, -0.15) is 0 Å². The van der Waals surface area contributed by atoms with Crippen LogP contribution < -0.4 is 0 Å². The van der Waals surface area contributed by atoms with Crippen molar-refractivity contribution in [2.45, 2.75) is 26.3 Å². The summed E-state index contributed by atoms with van der Waals surface area (Å²) in [5.74, 6) is -2.19. The summed E-state index contributed by atoms with van der Waals surface area (Å²) in [7, 11) is 1.33. The summed E-state index contributed by atoms with van der Waals surface area (Å²) >= 11 is 0. The Morgan fingerprint density at radius 2 is 1.72 bits per heavy atom. The van der Waals surface area contributed by atoms with Gasteiger partial charge >= 0.3 is 11.9 Å². The first kappa shape index (κ1) is 24.6. The maximum Gasteiger partial charge on any atom is 0.337 e. The monoisotopic (exact) mass is 487 g/mol. The Balaban J connectivity index is 1.78. The lowest BCUT2D eigenvalue weighted by Crippen LogP contribution is -2.44. The smallest absolute Gasteiger partial charge is 0.337 e. The second kappa shape index (κ2) is 10.4. The highest BCUT2D eigenvalue weighted by molar-refractivity contribution is 6.34. The van der Waals surface area contributed by atoms with Crippen LogP contribution >= 0.6 is 0 Å². The van der Waals surface area contributed by atoms with E-state index < -0.39 is 30.3 Å². The van der Waals surface area contributed by atoms with Crippen LogP contribution in [0.5, 0.6) is 0 Å². The minimum atomic E-state index is -1.28. The van der Waals surface area contributed by atoms with Crippen LogP contribution in [0.2, 0.25) is 0 Å². The minimum absolute atomic E-state index is 0.219. The van der Waals surface area contributed by atoms with E-state index >= 15 is 0 Å². The van der Waals surface area contributed by atoms with Gasteiger partial charge in [-0.1, -0.05) is 37.3 Å². The molecule has 1 aliphatic heterocycles. The van der Waals surface area contributed by atoms with Crippen LogP contribution in [-0.2, 0) is 27.3 Å².